The molecule has 0 spiro atoms. The number of nitrogens with zero attached hydrogens (tertiary/aromatic N) is 2. The van der Waals surface area contributed by atoms with E-state index < -0.39 is 5.97 Å². The van der Waals surface area contributed by atoms with Gasteiger partial charge in [0.05, 0.1) is 24.2 Å². The quantitative estimate of drug-likeness (QED) is 0.850. The van der Waals surface area contributed by atoms with Crippen molar-refractivity contribution < 1.29 is 14.6 Å². The van der Waals surface area contributed by atoms with Gasteiger partial charge in [-0.15, -0.1) is 0 Å². The van der Waals surface area contributed by atoms with E-state index in [1.54, 1.807) is 37.6 Å². The van der Waals surface area contributed by atoms with Crippen LogP contribution in [0.3, 0.4) is 0 Å². The third-order valence-corrected chi connectivity index (χ3v) is 3.16. The molecule has 22 heavy (non-hydrogen) atoms. The highest BCUT2D eigenvalue weighted by atomic mass is 16.5. The van der Waals surface area contributed by atoms with Gasteiger partial charge < -0.3 is 15.2 Å². The number of carboxylic acids is 1. The van der Waals surface area contributed by atoms with Crippen molar-refractivity contribution in [2.75, 3.05) is 12.4 Å². The number of anilines is 1. The topological polar surface area (TPSA) is 83.8 Å². The van der Waals surface area contributed by atoms with Crippen LogP contribution in [0.4, 0.5) is 11.5 Å². The lowest BCUT2D eigenvalue weighted by atomic mass is 10.0. The van der Waals surface area contributed by atoms with Gasteiger partial charge >= 0.3 is 5.97 Å². The smallest absolute Gasteiger partial charge is 0.330 e. The van der Waals surface area contributed by atoms with Gasteiger partial charge in [-0.3, -0.25) is 0 Å². The molecular formula is C16H13N3O3. The van der Waals surface area contributed by atoms with Crippen molar-refractivity contribution in [3.8, 4) is 5.75 Å². The Kier molecular flexibility index (Phi) is 3.57. The Labute approximate surface area is 126 Å². The summed E-state index contributed by atoms with van der Waals surface area (Å²) in [6.45, 7) is 0. The first-order valence-electron chi connectivity index (χ1n) is 6.57. The first kappa shape index (κ1) is 13.8. The van der Waals surface area contributed by atoms with Crippen LogP contribution in [0.25, 0.3) is 0 Å². The number of hydrogen-bond acceptors (Lipinski definition) is 5. The molecule has 0 unspecified atom stereocenters. The fourth-order valence-electron chi connectivity index (χ4n) is 2.15. The zero-order valence-corrected chi connectivity index (χ0v) is 11.8. The normalized spacial score (nSPS) is 14.8. The zero-order valence-electron chi connectivity index (χ0n) is 11.8. The molecule has 0 aliphatic carbocycles. The van der Waals surface area contributed by atoms with E-state index in [-0.39, 0.29) is 0 Å². The predicted molar refractivity (Wildman–Crippen MR) is 82.8 cm³/mol. The number of allylic oxidation sites excluding steroid dienone is 1. The van der Waals surface area contributed by atoms with Gasteiger partial charge in [0.15, 0.2) is 5.82 Å². The molecule has 0 fully saturated rings. The minimum absolute atomic E-state index is 0.415. The van der Waals surface area contributed by atoms with E-state index in [4.69, 9.17) is 9.84 Å². The van der Waals surface area contributed by atoms with Gasteiger partial charge in [0.1, 0.15) is 5.75 Å². The van der Waals surface area contributed by atoms with Crippen LogP contribution in [-0.2, 0) is 4.79 Å². The van der Waals surface area contributed by atoms with Crippen LogP contribution in [0.15, 0.2) is 59.4 Å². The Bertz CT molecular complexity index is 779. The summed E-state index contributed by atoms with van der Waals surface area (Å²) >= 11 is 0. The molecule has 1 aromatic carbocycles. The molecule has 0 atom stereocenters. The van der Waals surface area contributed by atoms with Crippen molar-refractivity contribution in [1.29, 1.82) is 0 Å². The molecule has 3 rings (SSSR count). The van der Waals surface area contributed by atoms with Crippen molar-refractivity contribution in [3.05, 3.63) is 59.9 Å². The first-order valence-corrected chi connectivity index (χ1v) is 6.57. The first-order chi connectivity index (χ1) is 10.7. The number of hydrogen-bond donors (Lipinski definition) is 2. The summed E-state index contributed by atoms with van der Waals surface area (Å²) in [7, 11) is 1.59. The summed E-state index contributed by atoms with van der Waals surface area (Å²) in [5, 5.41) is 12.1. The van der Waals surface area contributed by atoms with E-state index in [0.717, 1.165) is 17.4 Å². The van der Waals surface area contributed by atoms with E-state index >= 15 is 0 Å². The molecule has 1 aliphatic heterocycles. The van der Waals surface area contributed by atoms with Gasteiger partial charge in [-0.2, -0.15) is 0 Å². The van der Waals surface area contributed by atoms with E-state index in [1.165, 1.54) is 0 Å². The monoisotopic (exact) mass is 295 g/mol. The third-order valence-electron chi connectivity index (χ3n) is 3.16. The van der Waals surface area contributed by atoms with Gasteiger partial charge in [0.25, 0.3) is 0 Å². The maximum atomic E-state index is 11.0. The zero-order chi connectivity index (χ0) is 15.5. The average molecular weight is 295 g/mol. The molecule has 0 saturated heterocycles. The highest BCUT2D eigenvalue weighted by Crippen LogP contribution is 2.30. The predicted octanol–water partition coefficient (Wildman–Crippen LogP) is 2.60. The van der Waals surface area contributed by atoms with Crippen molar-refractivity contribution in [1.82, 2.24) is 4.98 Å². The lowest BCUT2D eigenvalue weighted by Crippen LogP contribution is -2.18. The number of aromatic nitrogens is 1. The van der Waals surface area contributed by atoms with Crippen LogP contribution < -0.4 is 10.1 Å². The SMILES string of the molecule is COc1ccc(C2=Nc3ncccc3N/C2=C\C(=O)O)cc1. The molecule has 2 aromatic rings. The second-order valence-electron chi connectivity index (χ2n) is 4.58. The van der Waals surface area contributed by atoms with Crippen LogP contribution in [0.1, 0.15) is 5.56 Å². The number of pyridine rings is 1. The van der Waals surface area contributed by atoms with E-state index in [0.29, 0.717) is 22.9 Å². The number of nitrogens with one attached hydrogen (secondary N) is 1. The van der Waals surface area contributed by atoms with Gasteiger partial charge in [0.2, 0.25) is 0 Å². The highest BCUT2D eigenvalue weighted by molar-refractivity contribution is 6.18. The minimum atomic E-state index is -1.05. The van der Waals surface area contributed by atoms with Gasteiger partial charge in [-0.25, -0.2) is 14.8 Å². The second-order valence-corrected chi connectivity index (χ2v) is 4.58. The molecule has 2 heterocycles. The number of rotatable bonds is 3. The van der Waals surface area contributed by atoms with E-state index in [2.05, 4.69) is 15.3 Å². The number of aliphatic imine (C=N–C) groups is 1. The molecule has 0 bridgehead atoms. The number of aliphatic carboxylic acids is 1. The molecule has 0 saturated carbocycles. The highest BCUT2D eigenvalue weighted by Gasteiger charge is 2.19. The molecule has 0 amide bonds. The standard InChI is InChI=1S/C16H13N3O3/c1-22-11-6-4-10(5-7-11)15-13(9-14(20)21)18-12-3-2-8-17-16(12)19-15/h2-9,18H,1H3,(H,20,21)/b13-9-. The fraction of sp³-hybridized carbons (Fsp3) is 0.0625. The van der Waals surface area contributed by atoms with E-state index in [9.17, 15) is 4.79 Å². The Morgan fingerprint density at radius 2 is 2.05 bits per heavy atom. The number of carboxylic acid groups (broad SMARTS) is 1. The maximum absolute atomic E-state index is 11.0. The Morgan fingerprint density at radius 3 is 2.73 bits per heavy atom. The van der Waals surface area contributed by atoms with Crippen LogP contribution in [0.5, 0.6) is 5.75 Å². The van der Waals surface area contributed by atoms with Crippen LogP contribution >= 0.6 is 0 Å². The van der Waals surface area contributed by atoms with E-state index in [1.807, 2.05) is 12.1 Å². The molecule has 6 heteroatoms. The Hall–Kier alpha value is -3.15. The van der Waals surface area contributed by atoms with Crippen molar-refractivity contribution >= 4 is 23.2 Å². The summed E-state index contributed by atoms with van der Waals surface area (Å²) in [4.78, 5) is 19.7. The minimum Gasteiger partial charge on any atom is -0.497 e. The number of carbonyl (C=O) groups is 1. The molecule has 1 aromatic heterocycles. The third kappa shape index (κ3) is 2.67. The lowest BCUT2D eigenvalue weighted by molar-refractivity contribution is -0.131. The lowest BCUT2D eigenvalue weighted by Gasteiger charge is -2.19. The molecule has 2 N–H and O–H groups in total. The molecular weight excluding hydrogens is 282 g/mol. The van der Waals surface area contributed by atoms with Gasteiger partial charge in [-0.05, 0) is 36.4 Å². The number of benzene rings is 1. The Morgan fingerprint density at radius 1 is 1.27 bits per heavy atom. The van der Waals surface area contributed by atoms with Crippen LogP contribution in [-0.4, -0.2) is 28.9 Å². The largest absolute Gasteiger partial charge is 0.497 e. The molecule has 6 nitrogen and oxygen atoms in total. The summed E-state index contributed by atoms with van der Waals surface area (Å²) in [5.41, 5.74) is 2.39. The average Bonchev–Trinajstić information content (AvgIpc) is 2.54. The van der Waals surface area contributed by atoms with Gasteiger partial charge in [0, 0.05) is 17.8 Å². The maximum Gasteiger partial charge on any atom is 0.330 e. The number of fused-ring (bicyclic) bond motifs is 1. The summed E-state index contributed by atoms with van der Waals surface area (Å²) in [6.07, 6.45) is 2.74. The summed E-state index contributed by atoms with van der Waals surface area (Å²) in [6, 6.07) is 10.8. The summed E-state index contributed by atoms with van der Waals surface area (Å²) in [5.74, 6) is 0.197. The van der Waals surface area contributed by atoms with Crippen LogP contribution in [0, 0.1) is 0 Å². The van der Waals surface area contributed by atoms with Crippen molar-refractivity contribution in [2.24, 2.45) is 4.99 Å². The van der Waals surface area contributed by atoms with Crippen molar-refractivity contribution in [3.63, 3.8) is 0 Å². The Balaban J connectivity index is 2.11. The molecule has 0 radical (unpaired) electrons. The van der Waals surface area contributed by atoms with Crippen molar-refractivity contribution in [2.45, 2.75) is 0 Å². The fourth-order valence-corrected chi connectivity index (χ4v) is 2.15. The summed E-state index contributed by atoms with van der Waals surface area (Å²) < 4.78 is 5.13. The molecule has 1 aliphatic rings. The van der Waals surface area contributed by atoms with Crippen LogP contribution in [0.2, 0.25) is 0 Å². The number of methoxy groups -OCH3 is 1. The molecule has 110 valence electrons. The second kappa shape index (κ2) is 5.69. The number of ether oxygens (including phenoxy) is 1. The van der Waals surface area contributed by atoms with Gasteiger partial charge in [-0.1, -0.05) is 0 Å².